The average molecular weight is 606 g/mol. The molecule has 2 bridgehead atoms. The van der Waals surface area contributed by atoms with Crippen LogP contribution in [0.4, 0.5) is 0 Å². The maximum atomic E-state index is 14.3. The van der Waals surface area contributed by atoms with Crippen LogP contribution in [0.3, 0.4) is 0 Å². The molecule has 9 nitrogen and oxygen atoms in total. The van der Waals surface area contributed by atoms with Gasteiger partial charge in [0, 0.05) is 12.0 Å². The molecule has 1 saturated heterocycles. The molecule has 0 N–H and O–H groups in total. The van der Waals surface area contributed by atoms with Gasteiger partial charge in [0.15, 0.2) is 0 Å². The molecule has 1 aromatic heterocycles. The van der Waals surface area contributed by atoms with Crippen LogP contribution in [0, 0.1) is 23.7 Å². The first-order valence-corrected chi connectivity index (χ1v) is 16.9. The van der Waals surface area contributed by atoms with Gasteiger partial charge in [-0.05, 0) is 75.3 Å². The summed E-state index contributed by atoms with van der Waals surface area (Å²) in [6.45, 7) is 2.23. The highest BCUT2D eigenvalue weighted by atomic mass is 16.5. The monoisotopic (exact) mass is 605 g/mol. The summed E-state index contributed by atoms with van der Waals surface area (Å²) in [6.07, 6.45) is 13.4. The molecule has 3 heterocycles. The van der Waals surface area contributed by atoms with Gasteiger partial charge in [0.1, 0.15) is 29.9 Å². The lowest BCUT2D eigenvalue weighted by Gasteiger charge is -2.33. The van der Waals surface area contributed by atoms with Crippen LogP contribution < -0.4 is 9.47 Å². The molecule has 6 atom stereocenters. The highest BCUT2D eigenvalue weighted by molar-refractivity contribution is 5.87. The van der Waals surface area contributed by atoms with Gasteiger partial charge in [-0.15, -0.1) is 0 Å². The number of esters is 1. The Labute approximate surface area is 260 Å². The van der Waals surface area contributed by atoms with Crippen molar-refractivity contribution in [3.05, 3.63) is 23.9 Å². The smallest absolute Gasteiger partial charge is 0.306 e. The summed E-state index contributed by atoms with van der Waals surface area (Å²) in [5, 5.41) is 0. The Morgan fingerprint density at radius 2 is 1.61 bits per heavy atom. The standard InChI is InChI=1S/C35H47N3O6/c1-22-30(21-39)38-20-32(22)44-34-28(36-27-17-16-25(42-2)18-29(27)37-34)14-8-4-7-12-24-13-9-15-31(24)43-33(40)19-26(35(38)41)23-10-5-3-6-11-23/h16-18,21-24,26,30-32H,3-15,19-20H2,1-2H3/t22-,24+,26-,30+,31+,32-/m0/s1. The number of carbonyl (C=O) groups is 3. The average Bonchev–Trinajstić information content (AvgIpc) is 3.61. The largest absolute Gasteiger partial charge is 0.497 e. The Balaban J connectivity index is 1.34. The molecule has 0 unspecified atom stereocenters. The van der Waals surface area contributed by atoms with Crippen LogP contribution in [-0.4, -0.2) is 64.9 Å². The second-order valence-electron chi connectivity index (χ2n) is 13.5. The molecule has 2 aromatic rings. The highest BCUT2D eigenvalue weighted by Gasteiger charge is 2.47. The summed E-state index contributed by atoms with van der Waals surface area (Å²) in [5.74, 6) is 0.525. The first kappa shape index (κ1) is 30.8. The van der Waals surface area contributed by atoms with E-state index in [1.807, 2.05) is 25.1 Å². The van der Waals surface area contributed by atoms with E-state index in [2.05, 4.69) is 0 Å². The van der Waals surface area contributed by atoms with Crippen molar-refractivity contribution >= 4 is 29.2 Å². The number of nitrogens with zero attached hydrogens (tertiary/aromatic N) is 3. The molecular weight excluding hydrogens is 558 g/mol. The number of hydrogen-bond acceptors (Lipinski definition) is 8. The first-order chi connectivity index (χ1) is 21.4. The van der Waals surface area contributed by atoms with Gasteiger partial charge < -0.3 is 23.9 Å². The van der Waals surface area contributed by atoms with Gasteiger partial charge in [-0.3, -0.25) is 9.59 Å². The first-order valence-electron chi connectivity index (χ1n) is 16.9. The minimum Gasteiger partial charge on any atom is -0.497 e. The minimum absolute atomic E-state index is 0.0641. The molecule has 1 aromatic carbocycles. The molecule has 6 rings (SSSR count). The summed E-state index contributed by atoms with van der Waals surface area (Å²) >= 11 is 0. The summed E-state index contributed by atoms with van der Waals surface area (Å²) < 4.78 is 18.1. The van der Waals surface area contributed by atoms with Crippen LogP contribution in [0.5, 0.6) is 11.6 Å². The Morgan fingerprint density at radius 3 is 2.39 bits per heavy atom. The predicted molar refractivity (Wildman–Crippen MR) is 165 cm³/mol. The number of benzene rings is 1. The molecule has 3 fully saturated rings. The lowest BCUT2D eigenvalue weighted by Crippen LogP contribution is -2.45. The lowest BCUT2D eigenvalue weighted by atomic mass is 9.77. The third-order valence-electron chi connectivity index (χ3n) is 10.7. The molecule has 2 aliphatic carbocycles. The number of fused-ring (bicyclic) bond motifs is 5. The van der Waals surface area contributed by atoms with E-state index >= 15 is 0 Å². The number of amides is 1. The van der Waals surface area contributed by atoms with Crippen LogP contribution in [0.15, 0.2) is 18.2 Å². The number of aromatic nitrogens is 2. The van der Waals surface area contributed by atoms with Crippen LogP contribution in [-0.2, 0) is 25.5 Å². The third-order valence-corrected chi connectivity index (χ3v) is 10.7. The summed E-state index contributed by atoms with van der Waals surface area (Å²) in [6, 6.07) is 5.02. The summed E-state index contributed by atoms with van der Waals surface area (Å²) in [5.41, 5.74) is 2.26. The van der Waals surface area contributed by atoms with E-state index in [0.717, 1.165) is 101 Å². The second-order valence-corrected chi connectivity index (χ2v) is 13.5. The minimum atomic E-state index is -0.632. The van der Waals surface area contributed by atoms with Crippen molar-refractivity contribution in [2.75, 3.05) is 13.7 Å². The Hall–Kier alpha value is -3.23. The van der Waals surface area contributed by atoms with Gasteiger partial charge in [-0.1, -0.05) is 39.0 Å². The van der Waals surface area contributed by atoms with Crippen molar-refractivity contribution in [3.63, 3.8) is 0 Å². The molecule has 44 heavy (non-hydrogen) atoms. The second kappa shape index (κ2) is 13.8. The zero-order valence-electron chi connectivity index (χ0n) is 26.2. The zero-order valence-corrected chi connectivity index (χ0v) is 26.2. The Bertz CT molecular complexity index is 1340. The number of hydrogen-bond donors (Lipinski definition) is 0. The van der Waals surface area contributed by atoms with Gasteiger partial charge in [-0.2, -0.15) is 0 Å². The molecule has 2 aliphatic heterocycles. The van der Waals surface area contributed by atoms with Crippen molar-refractivity contribution in [1.29, 1.82) is 0 Å². The lowest BCUT2D eigenvalue weighted by molar-refractivity contribution is -0.156. The summed E-state index contributed by atoms with van der Waals surface area (Å²) in [7, 11) is 1.62. The number of carbonyl (C=O) groups excluding carboxylic acids is 3. The van der Waals surface area contributed by atoms with Crippen LogP contribution in [0.25, 0.3) is 11.0 Å². The van der Waals surface area contributed by atoms with Gasteiger partial charge in [0.25, 0.3) is 0 Å². The van der Waals surface area contributed by atoms with E-state index in [9.17, 15) is 14.4 Å². The molecular formula is C35H47N3O6. The van der Waals surface area contributed by atoms with Crippen LogP contribution in [0.1, 0.15) is 96.1 Å². The van der Waals surface area contributed by atoms with E-state index in [4.69, 9.17) is 24.2 Å². The van der Waals surface area contributed by atoms with Crippen molar-refractivity contribution in [2.45, 2.75) is 115 Å². The number of aryl methyl sites for hydroxylation is 1. The van der Waals surface area contributed by atoms with Crippen LogP contribution >= 0.6 is 0 Å². The maximum absolute atomic E-state index is 14.3. The van der Waals surface area contributed by atoms with Gasteiger partial charge in [0.2, 0.25) is 11.8 Å². The number of methoxy groups -OCH3 is 1. The van der Waals surface area contributed by atoms with Crippen molar-refractivity contribution in [1.82, 2.24) is 14.9 Å². The summed E-state index contributed by atoms with van der Waals surface area (Å²) in [4.78, 5) is 51.8. The number of ether oxygens (including phenoxy) is 3. The number of aldehydes is 1. The van der Waals surface area contributed by atoms with Crippen molar-refractivity contribution in [3.8, 4) is 11.6 Å². The van der Waals surface area contributed by atoms with E-state index in [0.29, 0.717) is 23.1 Å². The molecule has 2 saturated carbocycles. The Morgan fingerprint density at radius 1 is 0.864 bits per heavy atom. The molecule has 1 amide bonds. The van der Waals surface area contributed by atoms with E-state index in [-0.39, 0.29) is 42.8 Å². The van der Waals surface area contributed by atoms with Crippen molar-refractivity contribution in [2.24, 2.45) is 23.7 Å². The van der Waals surface area contributed by atoms with E-state index in [1.54, 1.807) is 12.0 Å². The highest BCUT2D eigenvalue weighted by Crippen LogP contribution is 2.38. The fraction of sp³-hybridized carbons (Fsp3) is 0.686. The molecule has 9 heteroatoms. The fourth-order valence-corrected chi connectivity index (χ4v) is 8.11. The molecule has 4 aliphatic rings. The molecule has 0 radical (unpaired) electrons. The van der Waals surface area contributed by atoms with Gasteiger partial charge in [-0.25, -0.2) is 9.97 Å². The van der Waals surface area contributed by atoms with Gasteiger partial charge in [0.05, 0.1) is 43.1 Å². The quantitative estimate of drug-likeness (QED) is 0.317. The normalized spacial score (nSPS) is 30.9. The Kier molecular flexibility index (Phi) is 9.67. The topological polar surface area (TPSA) is 108 Å². The predicted octanol–water partition coefficient (Wildman–Crippen LogP) is 5.85. The third kappa shape index (κ3) is 6.57. The fourth-order valence-electron chi connectivity index (χ4n) is 8.11. The SMILES string of the molecule is COc1ccc2nc3c(nc2c1)O[C@H]1CN(C(=O)[C@H](C2CCCCC2)CC(=O)O[C@@H]2CCC[C@H]2CCCCC3)[C@H](C=O)[C@@H]1C. The van der Waals surface area contributed by atoms with Crippen LogP contribution in [0.2, 0.25) is 0 Å². The van der Waals surface area contributed by atoms with E-state index in [1.165, 1.54) is 0 Å². The van der Waals surface area contributed by atoms with Gasteiger partial charge >= 0.3 is 5.97 Å². The maximum Gasteiger partial charge on any atom is 0.306 e. The zero-order chi connectivity index (χ0) is 30.6. The van der Waals surface area contributed by atoms with Crippen molar-refractivity contribution < 1.29 is 28.6 Å². The molecule has 0 spiro atoms. The number of rotatable bonds is 3. The molecule has 238 valence electrons. The van der Waals surface area contributed by atoms with E-state index < -0.39 is 18.1 Å².